The Morgan fingerprint density at radius 2 is 2.31 bits per heavy atom. The van der Waals surface area contributed by atoms with Crippen LogP contribution < -0.4 is 10.6 Å². The van der Waals surface area contributed by atoms with Crippen molar-refractivity contribution in [1.82, 2.24) is 4.98 Å². The van der Waals surface area contributed by atoms with Crippen molar-refractivity contribution in [3.8, 4) is 0 Å². The molecule has 0 aliphatic heterocycles. The summed E-state index contributed by atoms with van der Waals surface area (Å²) in [5.41, 5.74) is 2.12. The maximum absolute atomic E-state index is 11.9. The molecule has 0 spiro atoms. The largest absolute Gasteiger partial charge is 0.386 e. The minimum atomic E-state index is -0.134. The number of rotatable bonds is 3. The Hall–Kier alpha value is -1.88. The van der Waals surface area contributed by atoms with Gasteiger partial charge >= 0.3 is 0 Å². The first-order chi connectivity index (χ1) is 7.81. The molecule has 5 heteroatoms. The van der Waals surface area contributed by atoms with Gasteiger partial charge in [0.05, 0.1) is 23.1 Å². The van der Waals surface area contributed by atoms with Crippen LogP contribution in [0.25, 0.3) is 0 Å². The molecule has 2 aromatic heterocycles. The standard InChI is InChI=1S/C11H11N3OS/c1-12-10-6-13-4-2-9(10)11(15)14-8-3-5-16-7-8/h2-7,12H,1H3,(H,14,15). The molecule has 0 saturated carbocycles. The predicted molar refractivity (Wildman–Crippen MR) is 66.1 cm³/mol. The summed E-state index contributed by atoms with van der Waals surface area (Å²) in [6, 6.07) is 3.55. The van der Waals surface area contributed by atoms with Crippen molar-refractivity contribution in [1.29, 1.82) is 0 Å². The maximum Gasteiger partial charge on any atom is 0.257 e. The van der Waals surface area contributed by atoms with Crippen molar-refractivity contribution in [2.24, 2.45) is 0 Å². The van der Waals surface area contributed by atoms with Crippen LogP contribution in [-0.4, -0.2) is 17.9 Å². The van der Waals surface area contributed by atoms with Gasteiger partial charge in [-0.15, -0.1) is 0 Å². The molecule has 0 aliphatic rings. The lowest BCUT2D eigenvalue weighted by atomic mass is 10.2. The Morgan fingerprint density at radius 1 is 1.44 bits per heavy atom. The van der Waals surface area contributed by atoms with E-state index in [4.69, 9.17) is 0 Å². The Labute approximate surface area is 97.3 Å². The summed E-state index contributed by atoms with van der Waals surface area (Å²) in [5, 5.41) is 9.56. The van der Waals surface area contributed by atoms with Crippen molar-refractivity contribution in [2.75, 3.05) is 17.7 Å². The van der Waals surface area contributed by atoms with E-state index in [1.54, 1.807) is 36.8 Å². The van der Waals surface area contributed by atoms with Gasteiger partial charge in [0, 0.05) is 18.6 Å². The molecular formula is C11H11N3OS. The molecule has 16 heavy (non-hydrogen) atoms. The number of amides is 1. The van der Waals surface area contributed by atoms with Gasteiger partial charge in [-0.2, -0.15) is 11.3 Å². The number of thiophene rings is 1. The maximum atomic E-state index is 11.9. The Bertz CT molecular complexity index is 482. The monoisotopic (exact) mass is 233 g/mol. The molecule has 4 nitrogen and oxygen atoms in total. The average Bonchev–Trinajstić information content (AvgIpc) is 2.81. The highest BCUT2D eigenvalue weighted by atomic mass is 32.1. The van der Waals surface area contributed by atoms with E-state index >= 15 is 0 Å². The fraction of sp³-hybridized carbons (Fsp3) is 0.0909. The summed E-state index contributed by atoms with van der Waals surface area (Å²) >= 11 is 1.54. The van der Waals surface area contributed by atoms with E-state index in [1.807, 2.05) is 16.8 Å². The molecule has 0 unspecified atom stereocenters. The van der Waals surface area contributed by atoms with Crippen LogP contribution in [-0.2, 0) is 0 Å². The lowest BCUT2D eigenvalue weighted by Gasteiger charge is -2.07. The fourth-order valence-corrected chi connectivity index (χ4v) is 1.91. The summed E-state index contributed by atoms with van der Waals surface area (Å²) in [6.45, 7) is 0. The third-order valence-electron chi connectivity index (χ3n) is 2.11. The van der Waals surface area contributed by atoms with Crippen LogP contribution in [0.15, 0.2) is 35.3 Å². The van der Waals surface area contributed by atoms with Crippen LogP contribution in [0.5, 0.6) is 0 Å². The number of nitrogens with zero attached hydrogens (tertiary/aromatic N) is 1. The summed E-state index contributed by atoms with van der Waals surface area (Å²) in [6.07, 6.45) is 3.23. The summed E-state index contributed by atoms with van der Waals surface area (Å²) in [7, 11) is 1.76. The van der Waals surface area contributed by atoms with E-state index in [9.17, 15) is 4.79 Å². The van der Waals surface area contributed by atoms with Crippen molar-refractivity contribution < 1.29 is 4.79 Å². The lowest BCUT2D eigenvalue weighted by Crippen LogP contribution is -2.13. The molecule has 1 amide bonds. The van der Waals surface area contributed by atoms with Crippen molar-refractivity contribution in [3.05, 3.63) is 40.8 Å². The van der Waals surface area contributed by atoms with Gasteiger partial charge in [-0.1, -0.05) is 0 Å². The van der Waals surface area contributed by atoms with Crippen LogP contribution in [0.1, 0.15) is 10.4 Å². The zero-order valence-corrected chi connectivity index (χ0v) is 9.54. The van der Waals surface area contributed by atoms with E-state index in [-0.39, 0.29) is 5.91 Å². The molecule has 0 aromatic carbocycles. The zero-order valence-electron chi connectivity index (χ0n) is 8.73. The Morgan fingerprint density at radius 3 is 3.00 bits per heavy atom. The minimum Gasteiger partial charge on any atom is -0.386 e. The molecule has 0 bridgehead atoms. The molecular weight excluding hydrogens is 222 g/mol. The summed E-state index contributed by atoms with van der Waals surface area (Å²) in [5.74, 6) is -0.134. The number of hydrogen-bond donors (Lipinski definition) is 2. The van der Waals surface area contributed by atoms with E-state index in [2.05, 4.69) is 15.6 Å². The van der Waals surface area contributed by atoms with Crippen molar-refractivity contribution >= 4 is 28.6 Å². The average molecular weight is 233 g/mol. The Balaban J connectivity index is 2.21. The number of aromatic nitrogens is 1. The first kappa shape index (κ1) is 10.6. The fourth-order valence-electron chi connectivity index (χ4n) is 1.33. The third kappa shape index (κ3) is 2.20. The van der Waals surface area contributed by atoms with Crippen molar-refractivity contribution in [3.63, 3.8) is 0 Å². The molecule has 0 fully saturated rings. The SMILES string of the molecule is CNc1cnccc1C(=O)Nc1ccsc1. The molecule has 2 heterocycles. The topological polar surface area (TPSA) is 54.0 Å². The first-order valence-electron chi connectivity index (χ1n) is 4.76. The number of nitrogens with one attached hydrogen (secondary N) is 2. The lowest BCUT2D eigenvalue weighted by molar-refractivity contribution is 0.102. The predicted octanol–water partition coefficient (Wildman–Crippen LogP) is 2.44. The van der Waals surface area contributed by atoms with Gasteiger partial charge in [0.15, 0.2) is 0 Å². The number of hydrogen-bond acceptors (Lipinski definition) is 4. The highest BCUT2D eigenvalue weighted by Crippen LogP contribution is 2.17. The molecule has 0 aliphatic carbocycles. The normalized spacial score (nSPS) is 9.81. The Kier molecular flexibility index (Phi) is 3.16. The quantitative estimate of drug-likeness (QED) is 0.856. The van der Waals surface area contributed by atoms with Gasteiger partial charge in [0.2, 0.25) is 0 Å². The van der Waals surface area contributed by atoms with Gasteiger partial charge in [-0.25, -0.2) is 0 Å². The highest BCUT2D eigenvalue weighted by molar-refractivity contribution is 7.08. The van der Waals surface area contributed by atoms with Crippen molar-refractivity contribution in [2.45, 2.75) is 0 Å². The highest BCUT2D eigenvalue weighted by Gasteiger charge is 2.10. The number of anilines is 2. The molecule has 0 atom stereocenters. The van der Waals surface area contributed by atoms with Gasteiger partial charge in [-0.05, 0) is 17.5 Å². The second-order valence-corrected chi connectivity index (χ2v) is 3.92. The minimum absolute atomic E-state index is 0.134. The zero-order chi connectivity index (χ0) is 11.4. The second-order valence-electron chi connectivity index (χ2n) is 3.14. The second kappa shape index (κ2) is 4.76. The molecule has 82 valence electrons. The van der Waals surface area contributed by atoms with Crippen LogP contribution >= 0.6 is 11.3 Å². The number of pyridine rings is 1. The summed E-state index contributed by atoms with van der Waals surface area (Å²) < 4.78 is 0. The molecule has 2 rings (SSSR count). The van der Waals surface area contributed by atoms with E-state index in [0.29, 0.717) is 5.56 Å². The molecule has 0 saturated heterocycles. The van der Waals surface area contributed by atoms with Crippen LogP contribution in [0.4, 0.5) is 11.4 Å². The van der Waals surface area contributed by atoms with Gasteiger partial charge in [0.1, 0.15) is 0 Å². The van der Waals surface area contributed by atoms with Crippen LogP contribution in [0, 0.1) is 0 Å². The third-order valence-corrected chi connectivity index (χ3v) is 2.80. The van der Waals surface area contributed by atoms with Gasteiger partial charge in [-0.3, -0.25) is 9.78 Å². The van der Waals surface area contributed by atoms with Gasteiger partial charge < -0.3 is 10.6 Å². The van der Waals surface area contributed by atoms with E-state index in [0.717, 1.165) is 11.4 Å². The number of carbonyl (C=O) groups excluding carboxylic acids is 1. The molecule has 2 N–H and O–H groups in total. The summed E-state index contributed by atoms with van der Waals surface area (Å²) in [4.78, 5) is 15.9. The first-order valence-corrected chi connectivity index (χ1v) is 5.71. The van der Waals surface area contributed by atoms with E-state index in [1.165, 1.54) is 0 Å². The van der Waals surface area contributed by atoms with Crippen LogP contribution in [0.3, 0.4) is 0 Å². The number of carbonyl (C=O) groups is 1. The van der Waals surface area contributed by atoms with E-state index < -0.39 is 0 Å². The van der Waals surface area contributed by atoms with Crippen LogP contribution in [0.2, 0.25) is 0 Å². The smallest absolute Gasteiger partial charge is 0.257 e. The molecule has 0 radical (unpaired) electrons. The van der Waals surface area contributed by atoms with Gasteiger partial charge in [0.25, 0.3) is 5.91 Å². The molecule has 2 aromatic rings.